The average Bonchev–Trinajstić information content (AvgIpc) is 2.63. The second kappa shape index (κ2) is 7.54. The highest BCUT2D eigenvalue weighted by atomic mass is 35.5. The highest BCUT2D eigenvalue weighted by Crippen LogP contribution is 2.22. The number of fused-ring (bicyclic) bond motifs is 1. The van der Waals surface area contributed by atoms with E-state index in [1.165, 1.54) is 0 Å². The van der Waals surface area contributed by atoms with Gasteiger partial charge in [0.25, 0.3) is 5.91 Å². The number of carbonyl (C=O) groups is 2. The molecule has 0 radical (unpaired) electrons. The van der Waals surface area contributed by atoms with Crippen molar-refractivity contribution in [1.82, 2.24) is 15.8 Å². The molecule has 1 aromatic heterocycles. The summed E-state index contributed by atoms with van der Waals surface area (Å²) in [5.74, 6) is -0.789. The van der Waals surface area contributed by atoms with Gasteiger partial charge in [0.15, 0.2) is 0 Å². The number of aromatic nitrogens is 1. The number of rotatable bonds is 3. The lowest BCUT2D eigenvalue weighted by Crippen LogP contribution is -2.42. The summed E-state index contributed by atoms with van der Waals surface area (Å²) in [5, 5.41) is 1.34. The van der Waals surface area contributed by atoms with E-state index in [9.17, 15) is 9.59 Å². The molecule has 0 fully saturated rings. The van der Waals surface area contributed by atoms with E-state index in [1.54, 1.807) is 24.3 Å². The van der Waals surface area contributed by atoms with Gasteiger partial charge in [0.05, 0.1) is 22.5 Å². The Kier molecular flexibility index (Phi) is 5.19. The van der Waals surface area contributed by atoms with E-state index in [-0.39, 0.29) is 12.3 Å². The monoisotopic (exact) mass is 367 g/mol. The van der Waals surface area contributed by atoms with Gasteiger partial charge in [-0.25, -0.2) is 0 Å². The van der Waals surface area contributed by atoms with Crippen molar-refractivity contribution in [2.45, 2.75) is 20.3 Å². The molecule has 5 nitrogen and oxygen atoms in total. The molecule has 0 spiro atoms. The molecule has 0 saturated carbocycles. The predicted octanol–water partition coefficient (Wildman–Crippen LogP) is 3.51. The number of aryl methyl sites for hydroxylation is 2. The molecule has 6 heteroatoms. The number of para-hydroxylation sites is 1. The fraction of sp³-hybridized carbons (Fsp3) is 0.150. The lowest BCUT2D eigenvalue weighted by Gasteiger charge is -2.13. The van der Waals surface area contributed by atoms with Crippen LogP contribution in [0.1, 0.15) is 27.2 Å². The maximum Gasteiger partial charge on any atom is 0.271 e. The van der Waals surface area contributed by atoms with E-state index in [2.05, 4.69) is 15.8 Å². The fourth-order valence-electron chi connectivity index (χ4n) is 2.87. The first-order valence-electron chi connectivity index (χ1n) is 8.16. The third-order valence-corrected chi connectivity index (χ3v) is 4.59. The van der Waals surface area contributed by atoms with Gasteiger partial charge in [-0.05, 0) is 43.2 Å². The molecule has 2 amide bonds. The summed E-state index contributed by atoms with van der Waals surface area (Å²) >= 11 is 5.98. The second-order valence-electron chi connectivity index (χ2n) is 5.98. The fourth-order valence-corrected chi connectivity index (χ4v) is 3.10. The van der Waals surface area contributed by atoms with Gasteiger partial charge in [0, 0.05) is 11.1 Å². The molecule has 0 bridgehead atoms. The predicted molar refractivity (Wildman–Crippen MR) is 102 cm³/mol. The molecule has 26 heavy (non-hydrogen) atoms. The Balaban J connectivity index is 1.72. The van der Waals surface area contributed by atoms with Crippen LogP contribution in [0.5, 0.6) is 0 Å². The van der Waals surface area contributed by atoms with Gasteiger partial charge in [-0.2, -0.15) is 0 Å². The quantitative estimate of drug-likeness (QED) is 0.696. The molecule has 3 rings (SSSR count). The van der Waals surface area contributed by atoms with Crippen molar-refractivity contribution in [2.24, 2.45) is 0 Å². The SMILES string of the molecule is Cc1nc2ccccc2c(C)c1CC(=O)NNC(=O)c1ccccc1Cl. The summed E-state index contributed by atoms with van der Waals surface area (Å²) < 4.78 is 0. The number of hydrogen-bond acceptors (Lipinski definition) is 3. The van der Waals surface area contributed by atoms with Gasteiger partial charge in [-0.15, -0.1) is 0 Å². The van der Waals surface area contributed by atoms with Crippen LogP contribution in [0.3, 0.4) is 0 Å². The summed E-state index contributed by atoms with van der Waals surface area (Å²) in [7, 11) is 0. The number of amides is 2. The molecule has 0 saturated heterocycles. The zero-order valence-electron chi connectivity index (χ0n) is 14.5. The van der Waals surface area contributed by atoms with E-state index in [0.29, 0.717) is 10.6 Å². The minimum atomic E-state index is -0.464. The Labute approximate surface area is 156 Å². The summed E-state index contributed by atoms with van der Waals surface area (Å²) in [6.45, 7) is 3.85. The van der Waals surface area contributed by atoms with Crippen LogP contribution in [0, 0.1) is 13.8 Å². The van der Waals surface area contributed by atoms with Gasteiger partial charge < -0.3 is 0 Å². The van der Waals surface area contributed by atoms with Crippen molar-refractivity contribution in [3.05, 3.63) is 75.9 Å². The number of nitrogens with zero attached hydrogens (tertiary/aromatic N) is 1. The first-order valence-corrected chi connectivity index (χ1v) is 8.53. The Hall–Kier alpha value is -2.92. The van der Waals surface area contributed by atoms with Crippen LogP contribution in [0.15, 0.2) is 48.5 Å². The number of nitrogens with one attached hydrogen (secondary N) is 2. The van der Waals surface area contributed by atoms with Gasteiger partial charge in [0.1, 0.15) is 0 Å². The normalized spacial score (nSPS) is 10.6. The van der Waals surface area contributed by atoms with E-state index in [1.807, 2.05) is 38.1 Å². The topological polar surface area (TPSA) is 71.1 Å². The highest BCUT2D eigenvalue weighted by molar-refractivity contribution is 6.33. The molecule has 0 aliphatic heterocycles. The van der Waals surface area contributed by atoms with E-state index in [0.717, 1.165) is 27.7 Å². The molecule has 0 atom stereocenters. The van der Waals surface area contributed by atoms with E-state index >= 15 is 0 Å². The minimum Gasteiger partial charge on any atom is -0.273 e. The van der Waals surface area contributed by atoms with Crippen LogP contribution in [0.2, 0.25) is 5.02 Å². The number of pyridine rings is 1. The maximum absolute atomic E-state index is 12.3. The summed E-state index contributed by atoms with van der Waals surface area (Å²) in [5.41, 5.74) is 8.70. The largest absolute Gasteiger partial charge is 0.273 e. The van der Waals surface area contributed by atoms with Crippen LogP contribution in [-0.4, -0.2) is 16.8 Å². The molecule has 0 unspecified atom stereocenters. The molecular weight excluding hydrogens is 350 g/mol. The standard InChI is InChI=1S/C20H18ClN3O2/c1-12-14-7-4-6-10-18(14)22-13(2)16(12)11-19(25)23-24-20(26)15-8-3-5-9-17(15)21/h3-10H,11H2,1-2H3,(H,23,25)(H,24,26). The third-order valence-electron chi connectivity index (χ3n) is 4.26. The third kappa shape index (κ3) is 3.68. The number of halogens is 1. The second-order valence-corrected chi connectivity index (χ2v) is 6.38. The first kappa shape index (κ1) is 17.9. The maximum atomic E-state index is 12.3. The van der Waals surface area contributed by atoms with Gasteiger partial charge in [-0.1, -0.05) is 41.9 Å². The summed E-state index contributed by atoms with van der Waals surface area (Å²) in [6.07, 6.45) is 0.123. The van der Waals surface area contributed by atoms with E-state index < -0.39 is 5.91 Å². The molecule has 132 valence electrons. The van der Waals surface area contributed by atoms with Gasteiger partial charge in [-0.3, -0.25) is 25.4 Å². The number of hydrazine groups is 1. The Morgan fingerprint density at radius 1 is 1.00 bits per heavy atom. The van der Waals surface area contributed by atoms with Crippen LogP contribution in [0.25, 0.3) is 10.9 Å². The Morgan fingerprint density at radius 2 is 1.69 bits per heavy atom. The lowest BCUT2D eigenvalue weighted by molar-refractivity contribution is -0.121. The van der Waals surface area contributed by atoms with E-state index in [4.69, 9.17) is 11.6 Å². The number of benzene rings is 2. The van der Waals surface area contributed by atoms with Crippen molar-refractivity contribution in [2.75, 3.05) is 0 Å². The first-order chi connectivity index (χ1) is 12.5. The molecule has 0 aliphatic rings. The molecule has 2 aromatic carbocycles. The molecule has 1 heterocycles. The Morgan fingerprint density at radius 3 is 2.46 bits per heavy atom. The van der Waals surface area contributed by atoms with Crippen LogP contribution in [0.4, 0.5) is 0 Å². The average molecular weight is 368 g/mol. The van der Waals surface area contributed by atoms with Crippen LogP contribution < -0.4 is 10.9 Å². The molecule has 3 aromatic rings. The van der Waals surface area contributed by atoms with Gasteiger partial charge >= 0.3 is 0 Å². The van der Waals surface area contributed by atoms with Crippen molar-refractivity contribution in [3.8, 4) is 0 Å². The summed E-state index contributed by atoms with van der Waals surface area (Å²) in [6, 6.07) is 14.5. The summed E-state index contributed by atoms with van der Waals surface area (Å²) in [4.78, 5) is 29.0. The lowest BCUT2D eigenvalue weighted by atomic mass is 9.99. The zero-order valence-corrected chi connectivity index (χ0v) is 15.2. The van der Waals surface area contributed by atoms with Gasteiger partial charge in [0.2, 0.25) is 5.91 Å². The Bertz CT molecular complexity index is 1000. The van der Waals surface area contributed by atoms with Crippen molar-refractivity contribution >= 4 is 34.3 Å². The molecule has 2 N–H and O–H groups in total. The van der Waals surface area contributed by atoms with Crippen molar-refractivity contribution in [3.63, 3.8) is 0 Å². The molecular formula is C20H18ClN3O2. The van der Waals surface area contributed by atoms with Crippen LogP contribution in [-0.2, 0) is 11.2 Å². The van der Waals surface area contributed by atoms with Crippen molar-refractivity contribution in [1.29, 1.82) is 0 Å². The minimum absolute atomic E-state index is 0.123. The highest BCUT2D eigenvalue weighted by Gasteiger charge is 2.14. The van der Waals surface area contributed by atoms with Crippen LogP contribution >= 0.6 is 11.6 Å². The zero-order chi connectivity index (χ0) is 18.7. The smallest absolute Gasteiger partial charge is 0.271 e. The number of hydrogen-bond donors (Lipinski definition) is 2. The number of carbonyl (C=O) groups excluding carboxylic acids is 2. The van der Waals surface area contributed by atoms with Crippen molar-refractivity contribution < 1.29 is 9.59 Å². The molecule has 0 aliphatic carbocycles.